The van der Waals surface area contributed by atoms with Crippen molar-refractivity contribution < 1.29 is 4.42 Å². The van der Waals surface area contributed by atoms with Crippen molar-refractivity contribution in [3.05, 3.63) is 170 Å². The van der Waals surface area contributed by atoms with E-state index in [0.717, 1.165) is 50.1 Å². The Labute approximate surface area is 256 Å². The van der Waals surface area contributed by atoms with Gasteiger partial charge < -0.3 is 9.32 Å². The Kier molecular flexibility index (Phi) is 6.47. The van der Waals surface area contributed by atoms with E-state index in [2.05, 4.69) is 144 Å². The van der Waals surface area contributed by atoms with E-state index in [9.17, 15) is 0 Å². The lowest BCUT2D eigenvalue weighted by Gasteiger charge is -2.29. The quantitative estimate of drug-likeness (QED) is 0.201. The van der Waals surface area contributed by atoms with Crippen LogP contribution in [0.15, 0.2) is 174 Å². The molecule has 0 N–H and O–H groups in total. The number of oxazole rings is 1. The summed E-state index contributed by atoms with van der Waals surface area (Å²) in [6, 6.07) is 59.3. The van der Waals surface area contributed by atoms with Crippen LogP contribution in [0.3, 0.4) is 0 Å². The number of hydrogen-bond acceptors (Lipinski definition) is 3. The highest BCUT2D eigenvalue weighted by atomic mass is 16.3. The second kappa shape index (κ2) is 11.0. The van der Waals surface area contributed by atoms with Crippen LogP contribution in [0.2, 0.25) is 0 Å². The average molecular weight is 565 g/mol. The molecule has 8 rings (SSSR count). The smallest absolute Gasteiger partial charge is 0.227 e. The molecule has 208 valence electrons. The van der Waals surface area contributed by atoms with Gasteiger partial charge in [0.25, 0.3) is 0 Å². The minimum Gasteiger partial charge on any atom is -0.435 e. The third-order valence-corrected chi connectivity index (χ3v) is 8.11. The normalized spacial score (nSPS) is 11.2. The molecule has 0 spiro atoms. The van der Waals surface area contributed by atoms with E-state index >= 15 is 0 Å². The molecule has 3 nitrogen and oxygen atoms in total. The fourth-order valence-corrected chi connectivity index (χ4v) is 6.00. The van der Waals surface area contributed by atoms with Gasteiger partial charge in [-0.25, -0.2) is 4.98 Å². The molecule has 0 unspecified atom stereocenters. The summed E-state index contributed by atoms with van der Waals surface area (Å²) in [4.78, 5) is 7.20. The van der Waals surface area contributed by atoms with E-state index in [-0.39, 0.29) is 0 Å². The van der Waals surface area contributed by atoms with E-state index in [1.54, 1.807) is 0 Å². The lowest BCUT2D eigenvalue weighted by molar-refractivity contribution is 0.623. The maximum atomic E-state index is 6.44. The second-order valence-corrected chi connectivity index (χ2v) is 10.8. The van der Waals surface area contributed by atoms with Gasteiger partial charge in [0.1, 0.15) is 5.52 Å². The summed E-state index contributed by atoms with van der Waals surface area (Å²) in [5.74, 6) is 0.626. The van der Waals surface area contributed by atoms with Crippen molar-refractivity contribution in [2.75, 3.05) is 4.90 Å². The Bertz CT molecular complexity index is 2200. The van der Waals surface area contributed by atoms with Gasteiger partial charge >= 0.3 is 0 Å². The van der Waals surface area contributed by atoms with Crippen molar-refractivity contribution in [3.8, 4) is 33.7 Å². The van der Waals surface area contributed by atoms with Crippen LogP contribution < -0.4 is 4.90 Å². The van der Waals surface area contributed by atoms with E-state index in [1.165, 1.54) is 16.7 Å². The number of para-hydroxylation sites is 1. The van der Waals surface area contributed by atoms with Crippen molar-refractivity contribution in [1.29, 1.82) is 0 Å². The number of nitrogens with zero attached hydrogens (tertiary/aromatic N) is 2. The zero-order valence-electron chi connectivity index (χ0n) is 24.0. The third kappa shape index (κ3) is 4.61. The van der Waals surface area contributed by atoms with Gasteiger partial charge in [0.05, 0.1) is 11.4 Å². The van der Waals surface area contributed by atoms with Gasteiger partial charge in [0, 0.05) is 27.6 Å². The molecule has 0 atom stereocenters. The minimum absolute atomic E-state index is 0.626. The number of fused-ring (bicyclic) bond motifs is 3. The summed E-state index contributed by atoms with van der Waals surface area (Å²) in [6.07, 6.45) is 0. The van der Waals surface area contributed by atoms with Crippen LogP contribution in [0.4, 0.5) is 17.1 Å². The van der Waals surface area contributed by atoms with Gasteiger partial charge in [-0.3, -0.25) is 0 Å². The predicted molar refractivity (Wildman–Crippen MR) is 183 cm³/mol. The van der Waals surface area contributed by atoms with E-state index < -0.39 is 0 Å². The van der Waals surface area contributed by atoms with Crippen LogP contribution in [-0.2, 0) is 0 Å². The summed E-state index contributed by atoms with van der Waals surface area (Å²) < 4.78 is 6.44. The van der Waals surface area contributed by atoms with E-state index in [0.29, 0.717) is 5.89 Å². The first-order valence-electron chi connectivity index (χ1n) is 14.8. The molecule has 0 aliphatic rings. The van der Waals surface area contributed by atoms with Crippen LogP contribution >= 0.6 is 0 Å². The van der Waals surface area contributed by atoms with Crippen molar-refractivity contribution >= 4 is 38.9 Å². The lowest BCUT2D eigenvalue weighted by atomic mass is 9.99. The first-order chi connectivity index (χ1) is 21.8. The lowest BCUT2D eigenvalue weighted by Crippen LogP contribution is -2.11. The van der Waals surface area contributed by atoms with Gasteiger partial charge in [-0.1, -0.05) is 121 Å². The fourth-order valence-electron chi connectivity index (χ4n) is 6.00. The molecule has 0 saturated carbocycles. The highest BCUT2D eigenvalue weighted by Crippen LogP contribution is 2.44. The fraction of sp³-hybridized carbons (Fsp3) is 0. The molecule has 44 heavy (non-hydrogen) atoms. The highest BCUT2D eigenvalue weighted by Gasteiger charge is 2.21. The van der Waals surface area contributed by atoms with Gasteiger partial charge in [0.15, 0.2) is 5.58 Å². The van der Waals surface area contributed by atoms with E-state index in [4.69, 9.17) is 9.40 Å². The molecule has 1 aromatic heterocycles. The van der Waals surface area contributed by atoms with Crippen LogP contribution in [-0.4, -0.2) is 4.98 Å². The maximum absolute atomic E-state index is 6.44. The summed E-state index contributed by atoms with van der Waals surface area (Å²) >= 11 is 0. The Morgan fingerprint density at radius 3 is 1.73 bits per heavy atom. The molecule has 0 radical (unpaired) electrons. The molecule has 0 aliphatic heterocycles. The topological polar surface area (TPSA) is 29.3 Å². The molecule has 0 amide bonds. The average Bonchev–Trinajstić information content (AvgIpc) is 3.56. The monoisotopic (exact) mass is 564 g/mol. The zero-order valence-corrected chi connectivity index (χ0v) is 24.0. The number of rotatable bonds is 6. The first kappa shape index (κ1) is 25.8. The van der Waals surface area contributed by atoms with Gasteiger partial charge in [0.2, 0.25) is 5.89 Å². The summed E-state index contributed by atoms with van der Waals surface area (Å²) in [7, 11) is 0. The van der Waals surface area contributed by atoms with Crippen molar-refractivity contribution in [1.82, 2.24) is 4.98 Å². The molecule has 3 heteroatoms. The number of aromatic nitrogens is 1. The maximum Gasteiger partial charge on any atom is 0.227 e. The first-order valence-corrected chi connectivity index (χ1v) is 14.8. The molecule has 0 aliphatic carbocycles. The molecule has 0 saturated heterocycles. The molecular weight excluding hydrogens is 536 g/mol. The Balaban J connectivity index is 1.34. The van der Waals surface area contributed by atoms with Crippen molar-refractivity contribution in [2.24, 2.45) is 0 Å². The minimum atomic E-state index is 0.626. The van der Waals surface area contributed by atoms with Crippen LogP contribution in [0, 0.1) is 0 Å². The number of anilines is 3. The summed E-state index contributed by atoms with van der Waals surface area (Å²) in [6.45, 7) is 0. The Morgan fingerprint density at radius 1 is 0.409 bits per heavy atom. The molecule has 0 bridgehead atoms. The molecule has 1 heterocycles. The van der Waals surface area contributed by atoms with Crippen LogP contribution in [0.25, 0.3) is 55.6 Å². The third-order valence-electron chi connectivity index (χ3n) is 8.11. The van der Waals surface area contributed by atoms with Gasteiger partial charge in [-0.15, -0.1) is 0 Å². The highest BCUT2D eigenvalue weighted by molar-refractivity contribution is 6.10. The predicted octanol–water partition coefficient (Wildman–Crippen LogP) is 11.5. The van der Waals surface area contributed by atoms with Gasteiger partial charge in [-0.2, -0.15) is 0 Å². The molecule has 8 aromatic rings. The molecular formula is C41H28N2O. The summed E-state index contributed by atoms with van der Waals surface area (Å²) in [5.41, 5.74) is 10.5. The number of benzene rings is 7. The van der Waals surface area contributed by atoms with Crippen molar-refractivity contribution in [2.45, 2.75) is 0 Å². The Morgan fingerprint density at radius 2 is 1.00 bits per heavy atom. The standard InChI is InChI=1S/C41H28N2O/c1-4-13-29(14-5-1)30-23-25-33(26-24-30)43(38-21-11-10-19-34(38)31-15-6-2-7-16-31)39-22-12-20-36-35(39)27-28-37-40(36)44-41(42-37)32-17-8-3-9-18-32/h1-28H. The van der Waals surface area contributed by atoms with Gasteiger partial charge in [-0.05, 0) is 65.2 Å². The number of hydrogen-bond donors (Lipinski definition) is 0. The van der Waals surface area contributed by atoms with E-state index in [1.807, 2.05) is 30.3 Å². The van der Waals surface area contributed by atoms with Crippen LogP contribution in [0.5, 0.6) is 0 Å². The largest absolute Gasteiger partial charge is 0.435 e. The zero-order chi connectivity index (χ0) is 29.3. The molecule has 7 aromatic carbocycles. The van der Waals surface area contributed by atoms with Crippen LogP contribution in [0.1, 0.15) is 0 Å². The summed E-state index contributed by atoms with van der Waals surface area (Å²) in [5, 5.41) is 2.11. The Hall–Kier alpha value is -5.93. The SMILES string of the molecule is c1ccc(-c2ccc(N(c3ccccc3-c3ccccc3)c3cccc4c3ccc3nc(-c5ccccc5)oc34)cc2)cc1. The second-order valence-electron chi connectivity index (χ2n) is 10.8. The molecule has 0 fully saturated rings. The van der Waals surface area contributed by atoms with Crippen molar-refractivity contribution in [3.63, 3.8) is 0 Å².